The normalized spacial score (nSPS) is 35.3. The molecule has 2 atom stereocenters. The molecule has 172 valence electrons. The van der Waals surface area contributed by atoms with Crippen LogP contribution in [0.2, 0.25) is 0 Å². The van der Waals surface area contributed by atoms with Crippen LogP contribution in [0.25, 0.3) is 0 Å². The van der Waals surface area contributed by atoms with Gasteiger partial charge in [0.15, 0.2) is 0 Å². The molecule has 2 N–H and O–H groups in total. The Balaban J connectivity index is 1.40. The summed E-state index contributed by atoms with van der Waals surface area (Å²) < 4.78 is 0. The van der Waals surface area contributed by atoms with Gasteiger partial charge in [0.05, 0.1) is 0 Å². The first-order valence-corrected chi connectivity index (χ1v) is 12.3. The van der Waals surface area contributed by atoms with Gasteiger partial charge < -0.3 is 20.4 Å². The second-order valence-corrected chi connectivity index (χ2v) is 10.5. The molecule has 0 bridgehead atoms. The zero-order valence-electron chi connectivity index (χ0n) is 19.7. The summed E-state index contributed by atoms with van der Waals surface area (Å²) in [5, 5.41) is 6.65. The molecule has 0 aliphatic heterocycles. The van der Waals surface area contributed by atoms with Gasteiger partial charge in [0, 0.05) is 36.0 Å². The van der Waals surface area contributed by atoms with Crippen LogP contribution in [0, 0.1) is 11.8 Å². The molecule has 0 heterocycles. The quantitative estimate of drug-likeness (QED) is 0.694. The summed E-state index contributed by atoms with van der Waals surface area (Å²) in [7, 11) is 8.54. The molecule has 2 unspecified atom stereocenters. The Morgan fingerprint density at radius 3 is 1.30 bits per heavy atom. The van der Waals surface area contributed by atoms with Crippen molar-refractivity contribution in [2.45, 2.75) is 101 Å². The van der Waals surface area contributed by atoms with Crippen LogP contribution < -0.4 is 10.6 Å². The Hall–Kier alpha value is -1.14. The largest absolute Gasteiger partial charge is 0.353 e. The fourth-order valence-corrected chi connectivity index (χ4v) is 5.80. The van der Waals surface area contributed by atoms with Crippen molar-refractivity contribution in [3.05, 3.63) is 0 Å². The predicted molar refractivity (Wildman–Crippen MR) is 121 cm³/mol. The minimum absolute atomic E-state index is 0.169. The van der Waals surface area contributed by atoms with Gasteiger partial charge in [-0.15, -0.1) is 0 Å². The van der Waals surface area contributed by atoms with Gasteiger partial charge >= 0.3 is 0 Å². The van der Waals surface area contributed by atoms with Crippen molar-refractivity contribution in [3.63, 3.8) is 0 Å². The van der Waals surface area contributed by atoms with Gasteiger partial charge in [-0.2, -0.15) is 0 Å². The van der Waals surface area contributed by atoms with Crippen molar-refractivity contribution < 1.29 is 9.59 Å². The van der Waals surface area contributed by atoms with E-state index in [1.165, 1.54) is 0 Å². The Morgan fingerprint density at radius 1 is 0.600 bits per heavy atom. The summed E-state index contributed by atoms with van der Waals surface area (Å²) in [5.74, 6) is 0.823. The Kier molecular flexibility index (Phi) is 8.58. The molecule has 0 saturated heterocycles. The molecule has 0 spiro atoms. The third-order valence-electron chi connectivity index (χ3n) is 7.96. The second kappa shape index (κ2) is 10.9. The monoisotopic (exact) mass is 420 g/mol. The summed E-state index contributed by atoms with van der Waals surface area (Å²) >= 11 is 0. The van der Waals surface area contributed by atoms with Gasteiger partial charge in [0.25, 0.3) is 0 Å². The molecule has 0 aromatic rings. The summed E-state index contributed by atoms with van der Waals surface area (Å²) in [6.45, 7) is 0. The first-order valence-electron chi connectivity index (χ1n) is 12.3. The van der Waals surface area contributed by atoms with E-state index in [1.54, 1.807) is 0 Å². The zero-order valence-corrected chi connectivity index (χ0v) is 19.7. The Labute approximate surface area is 183 Å². The lowest BCUT2D eigenvalue weighted by Crippen LogP contribution is -2.49. The van der Waals surface area contributed by atoms with Crippen molar-refractivity contribution in [2.24, 2.45) is 11.8 Å². The number of hydrogen-bond donors (Lipinski definition) is 2. The molecule has 2 amide bonds. The summed E-state index contributed by atoms with van der Waals surface area (Å²) in [5.41, 5.74) is 0. The highest BCUT2D eigenvalue weighted by molar-refractivity contribution is 5.80. The van der Waals surface area contributed by atoms with E-state index in [2.05, 4.69) is 48.6 Å². The van der Waals surface area contributed by atoms with Crippen LogP contribution in [0.4, 0.5) is 0 Å². The third-order valence-corrected chi connectivity index (χ3v) is 7.96. The summed E-state index contributed by atoms with van der Waals surface area (Å²) in [6.07, 6.45) is 12.5. The van der Waals surface area contributed by atoms with Crippen molar-refractivity contribution in [1.29, 1.82) is 0 Å². The first-order chi connectivity index (χ1) is 14.3. The molecule has 3 aliphatic rings. The van der Waals surface area contributed by atoms with Gasteiger partial charge in [-0.3, -0.25) is 9.59 Å². The lowest BCUT2D eigenvalue weighted by atomic mass is 9.83. The number of amides is 2. The molecule has 6 nitrogen and oxygen atoms in total. The van der Waals surface area contributed by atoms with Crippen molar-refractivity contribution in [1.82, 2.24) is 20.4 Å². The second-order valence-electron chi connectivity index (χ2n) is 10.5. The van der Waals surface area contributed by atoms with Crippen molar-refractivity contribution >= 4 is 11.8 Å². The van der Waals surface area contributed by atoms with E-state index < -0.39 is 0 Å². The Morgan fingerprint density at radius 2 is 0.967 bits per heavy atom. The highest BCUT2D eigenvalue weighted by atomic mass is 16.2. The minimum atomic E-state index is 0.169. The SMILES string of the molecule is CN(C)C1CCC(C(=O)NC2CCCC(NC(=O)C3CCC(N(C)C)CC3)C2)CC1. The number of nitrogens with zero attached hydrogens (tertiary/aromatic N) is 2. The number of hydrogen-bond acceptors (Lipinski definition) is 4. The summed E-state index contributed by atoms with van der Waals surface area (Å²) in [6, 6.07) is 1.67. The number of nitrogens with one attached hydrogen (secondary N) is 2. The maximum Gasteiger partial charge on any atom is 0.223 e. The lowest BCUT2D eigenvalue weighted by molar-refractivity contribution is -0.127. The molecule has 3 fully saturated rings. The maximum atomic E-state index is 12.8. The molecule has 0 aromatic heterocycles. The molecule has 3 saturated carbocycles. The van der Waals surface area contributed by atoms with Gasteiger partial charge in [0.1, 0.15) is 0 Å². The topological polar surface area (TPSA) is 64.7 Å². The first kappa shape index (κ1) is 23.5. The van der Waals surface area contributed by atoms with Gasteiger partial charge in [-0.25, -0.2) is 0 Å². The van der Waals surface area contributed by atoms with E-state index in [-0.39, 0.29) is 35.7 Å². The standard InChI is InChI=1S/C24H44N4O2/c1-27(2)21-12-8-17(9-13-21)23(29)25-19-6-5-7-20(16-19)26-24(30)18-10-14-22(15-11-18)28(3)4/h17-22H,5-16H2,1-4H3,(H,25,29)(H,26,30). The van der Waals surface area contributed by atoms with E-state index in [1.807, 2.05) is 0 Å². The van der Waals surface area contributed by atoms with Crippen LogP contribution >= 0.6 is 0 Å². The molecule has 3 rings (SSSR count). The average Bonchev–Trinajstić information content (AvgIpc) is 2.74. The fourth-order valence-electron chi connectivity index (χ4n) is 5.80. The number of rotatable bonds is 6. The highest BCUT2D eigenvalue weighted by Crippen LogP contribution is 2.29. The number of carbonyl (C=O) groups is 2. The Bertz CT molecular complexity index is 516. The smallest absolute Gasteiger partial charge is 0.223 e. The van der Waals surface area contributed by atoms with Crippen LogP contribution in [0.15, 0.2) is 0 Å². The van der Waals surface area contributed by atoms with E-state index >= 15 is 0 Å². The highest BCUT2D eigenvalue weighted by Gasteiger charge is 2.32. The van der Waals surface area contributed by atoms with Crippen LogP contribution in [-0.4, -0.2) is 74.0 Å². The molecule has 3 aliphatic carbocycles. The number of carbonyl (C=O) groups excluding carboxylic acids is 2. The van der Waals surface area contributed by atoms with Crippen LogP contribution in [0.3, 0.4) is 0 Å². The molecule has 0 radical (unpaired) electrons. The van der Waals surface area contributed by atoms with E-state index in [0.29, 0.717) is 12.1 Å². The van der Waals surface area contributed by atoms with Crippen LogP contribution in [-0.2, 0) is 9.59 Å². The van der Waals surface area contributed by atoms with Crippen molar-refractivity contribution in [2.75, 3.05) is 28.2 Å². The fraction of sp³-hybridized carbons (Fsp3) is 0.917. The third kappa shape index (κ3) is 6.43. The molecule has 30 heavy (non-hydrogen) atoms. The van der Waals surface area contributed by atoms with E-state index in [0.717, 1.165) is 77.0 Å². The van der Waals surface area contributed by atoms with Gasteiger partial charge in [-0.05, 0) is 105 Å². The van der Waals surface area contributed by atoms with Crippen LogP contribution in [0.1, 0.15) is 77.0 Å². The van der Waals surface area contributed by atoms with E-state index in [9.17, 15) is 9.59 Å². The zero-order chi connectivity index (χ0) is 21.7. The van der Waals surface area contributed by atoms with Gasteiger partial charge in [-0.1, -0.05) is 0 Å². The minimum Gasteiger partial charge on any atom is -0.353 e. The maximum absolute atomic E-state index is 12.8. The lowest BCUT2D eigenvalue weighted by Gasteiger charge is -2.36. The van der Waals surface area contributed by atoms with E-state index in [4.69, 9.17) is 0 Å². The van der Waals surface area contributed by atoms with Crippen molar-refractivity contribution in [3.8, 4) is 0 Å². The predicted octanol–water partition coefficient (Wildman–Crippen LogP) is 2.77. The average molecular weight is 421 g/mol. The molecule has 6 heteroatoms. The molecule has 0 aromatic carbocycles. The molecular weight excluding hydrogens is 376 g/mol. The summed E-state index contributed by atoms with van der Waals surface area (Å²) in [4.78, 5) is 30.2. The van der Waals surface area contributed by atoms with Gasteiger partial charge in [0.2, 0.25) is 11.8 Å². The van der Waals surface area contributed by atoms with Crippen LogP contribution in [0.5, 0.6) is 0 Å². The molecular formula is C24H44N4O2.